The first-order chi connectivity index (χ1) is 7.10. The van der Waals surface area contributed by atoms with Crippen LogP contribution in [-0.2, 0) is 6.42 Å². The van der Waals surface area contributed by atoms with Crippen molar-refractivity contribution < 1.29 is 13.2 Å². The number of halogens is 3. The smallest absolute Gasteiger partial charge is 0.249 e. The Kier molecular flexibility index (Phi) is 3.25. The van der Waals surface area contributed by atoms with Crippen LogP contribution < -0.4 is 0 Å². The Labute approximate surface area is 83.4 Å². The van der Waals surface area contributed by atoms with E-state index in [-0.39, 0.29) is 12.1 Å². The molecule has 0 atom stereocenters. The van der Waals surface area contributed by atoms with Crippen molar-refractivity contribution in [2.75, 3.05) is 0 Å². The first-order valence-corrected chi connectivity index (χ1v) is 3.84. The zero-order valence-electron chi connectivity index (χ0n) is 7.34. The second-order valence-electron chi connectivity index (χ2n) is 2.60. The quantitative estimate of drug-likeness (QED) is 0.752. The second kappa shape index (κ2) is 4.43. The van der Waals surface area contributed by atoms with E-state index < -0.39 is 23.5 Å². The number of rotatable bonds is 2. The first kappa shape index (κ1) is 11.0. The van der Waals surface area contributed by atoms with E-state index >= 15 is 0 Å². The van der Waals surface area contributed by atoms with Gasteiger partial charge in [-0.3, -0.25) is 0 Å². The third kappa shape index (κ3) is 2.23. The number of hydrogen-bond acceptors (Lipinski definition) is 3. The van der Waals surface area contributed by atoms with Crippen molar-refractivity contribution in [2.24, 2.45) is 0 Å². The Morgan fingerprint density at radius 1 is 1.40 bits per heavy atom. The Hall–Kier alpha value is -2.08. The van der Waals surface area contributed by atoms with Gasteiger partial charge < -0.3 is 0 Å². The lowest BCUT2D eigenvalue weighted by atomic mass is 10.1. The van der Waals surface area contributed by atoms with E-state index in [0.717, 1.165) is 0 Å². The molecule has 0 bridgehead atoms. The second-order valence-corrected chi connectivity index (χ2v) is 2.60. The molecule has 3 nitrogen and oxygen atoms in total. The molecule has 1 heterocycles. The van der Waals surface area contributed by atoms with E-state index in [1.54, 1.807) is 6.07 Å². The highest BCUT2D eigenvalue weighted by Crippen LogP contribution is 2.21. The van der Waals surface area contributed by atoms with Gasteiger partial charge in [-0.25, -0.2) is 18.2 Å². The van der Waals surface area contributed by atoms with Gasteiger partial charge in [0, 0.05) is 6.07 Å². The van der Waals surface area contributed by atoms with Gasteiger partial charge >= 0.3 is 0 Å². The van der Waals surface area contributed by atoms with Gasteiger partial charge in [-0.05, 0) is 0 Å². The molecule has 0 N–H and O–H groups in total. The van der Waals surface area contributed by atoms with Crippen LogP contribution in [0.3, 0.4) is 0 Å². The first-order valence-electron chi connectivity index (χ1n) is 3.84. The van der Waals surface area contributed by atoms with Crippen molar-refractivity contribution in [1.29, 1.82) is 10.5 Å². The molecule has 0 amide bonds. The highest BCUT2D eigenvalue weighted by molar-refractivity contribution is 5.37. The fourth-order valence-electron chi connectivity index (χ4n) is 1.02. The minimum absolute atomic E-state index is 0.254. The van der Waals surface area contributed by atoms with E-state index in [4.69, 9.17) is 10.5 Å². The van der Waals surface area contributed by atoms with E-state index in [1.807, 2.05) is 0 Å². The molecule has 0 aromatic carbocycles. The molecule has 0 aliphatic rings. The average Bonchev–Trinajstić information content (AvgIpc) is 2.17. The fraction of sp³-hybridized carbons (Fsp3) is 0.222. The van der Waals surface area contributed by atoms with Gasteiger partial charge in [-0.2, -0.15) is 10.5 Å². The maximum Gasteiger partial charge on any atom is 0.280 e. The molecule has 15 heavy (non-hydrogen) atoms. The van der Waals surface area contributed by atoms with Crippen LogP contribution >= 0.6 is 0 Å². The van der Waals surface area contributed by atoms with Crippen LogP contribution in [-0.4, -0.2) is 4.98 Å². The van der Waals surface area contributed by atoms with Crippen LogP contribution in [0, 0.1) is 28.5 Å². The van der Waals surface area contributed by atoms with E-state index in [9.17, 15) is 13.2 Å². The molecule has 0 spiro atoms. The molecule has 0 saturated carbocycles. The van der Waals surface area contributed by atoms with Gasteiger partial charge in [0.15, 0.2) is 0 Å². The molecule has 1 rings (SSSR count). The predicted molar refractivity (Wildman–Crippen MR) is 43.2 cm³/mol. The molecule has 1 aromatic heterocycles. The standard InChI is InChI=1S/C9H4F3N3/c10-6-3-8(9(11)12)15-7(1-2-13)5(6)4-14/h3,9H,1H2. The monoisotopic (exact) mass is 211 g/mol. The van der Waals surface area contributed by atoms with Crippen LogP contribution in [0.4, 0.5) is 13.2 Å². The Morgan fingerprint density at radius 2 is 2.07 bits per heavy atom. The van der Waals surface area contributed by atoms with Gasteiger partial charge in [0.05, 0.1) is 18.2 Å². The summed E-state index contributed by atoms with van der Waals surface area (Å²) >= 11 is 0. The summed E-state index contributed by atoms with van der Waals surface area (Å²) in [4.78, 5) is 3.36. The topological polar surface area (TPSA) is 60.5 Å². The lowest BCUT2D eigenvalue weighted by Gasteiger charge is -2.04. The molecular weight excluding hydrogens is 207 g/mol. The molecule has 0 aliphatic heterocycles. The van der Waals surface area contributed by atoms with Crippen molar-refractivity contribution >= 4 is 0 Å². The third-order valence-electron chi connectivity index (χ3n) is 1.65. The highest BCUT2D eigenvalue weighted by Gasteiger charge is 2.17. The summed E-state index contributed by atoms with van der Waals surface area (Å²) in [6, 6.07) is 3.61. The molecule has 0 saturated heterocycles. The van der Waals surface area contributed by atoms with Crippen LogP contribution in [0.5, 0.6) is 0 Å². The molecule has 0 fully saturated rings. The van der Waals surface area contributed by atoms with E-state index in [1.165, 1.54) is 6.07 Å². The van der Waals surface area contributed by atoms with Crippen LogP contribution in [0.25, 0.3) is 0 Å². The summed E-state index contributed by atoms with van der Waals surface area (Å²) in [5, 5.41) is 16.9. The van der Waals surface area contributed by atoms with Crippen LogP contribution in [0.2, 0.25) is 0 Å². The minimum Gasteiger partial charge on any atom is -0.249 e. The minimum atomic E-state index is -2.93. The number of aromatic nitrogens is 1. The van der Waals surface area contributed by atoms with Crippen molar-refractivity contribution in [2.45, 2.75) is 12.8 Å². The normalized spacial score (nSPS) is 9.73. The Bertz CT molecular complexity index is 457. The Morgan fingerprint density at radius 3 is 2.53 bits per heavy atom. The summed E-state index contributed by atoms with van der Waals surface area (Å²) in [6.45, 7) is 0. The summed E-state index contributed by atoms with van der Waals surface area (Å²) in [5.41, 5.74) is -1.48. The fourth-order valence-corrected chi connectivity index (χ4v) is 1.02. The maximum absolute atomic E-state index is 13.1. The van der Waals surface area contributed by atoms with Crippen molar-refractivity contribution in [1.82, 2.24) is 4.98 Å². The number of alkyl halides is 2. The number of hydrogen-bond donors (Lipinski definition) is 0. The summed E-state index contributed by atoms with van der Waals surface area (Å²) in [7, 11) is 0. The van der Waals surface area contributed by atoms with Crippen molar-refractivity contribution in [3.05, 3.63) is 28.8 Å². The van der Waals surface area contributed by atoms with Crippen molar-refractivity contribution in [3.8, 4) is 12.1 Å². The molecule has 76 valence electrons. The molecule has 6 heteroatoms. The predicted octanol–water partition coefficient (Wildman–Crippen LogP) is 2.10. The van der Waals surface area contributed by atoms with Gasteiger partial charge in [0.2, 0.25) is 0 Å². The van der Waals surface area contributed by atoms with E-state index in [0.29, 0.717) is 6.07 Å². The van der Waals surface area contributed by atoms with Crippen LogP contribution in [0.1, 0.15) is 23.4 Å². The lowest BCUT2D eigenvalue weighted by Crippen LogP contribution is -2.02. The summed E-state index contributed by atoms with van der Waals surface area (Å²) in [5.74, 6) is -1.08. The van der Waals surface area contributed by atoms with Crippen molar-refractivity contribution in [3.63, 3.8) is 0 Å². The van der Waals surface area contributed by atoms with Gasteiger partial charge in [0.25, 0.3) is 6.43 Å². The number of pyridine rings is 1. The van der Waals surface area contributed by atoms with Gasteiger partial charge in [-0.15, -0.1) is 0 Å². The summed E-state index contributed by atoms with van der Waals surface area (Å²) in [6.07, 6.45) is -3.30. The molecule has 0 radical (unpaired) electrons. The summed E-state index contributed by atoms with van der Waals surface area (Å²) < 4.78 is 37.5. The largest absolute Gasteiger partial charge is 0.280 e. The average molecular weight is 211 g/mol. The molecule has 0 unspecified atom stereocenters. The Balaban J connectivity index is 3.35. The SMILES string of the molecule is N#CCc1nc(C(F)F)cc(F)c1C#N. The van der Waals surface area contributed by atoms with Gasteiger partial charge in [-0.1, -0.05) is 0 Å². The van der Waals surface area contributed by atoms with Crippen LogP contribution in [0.15, 0.2) is 6.07 Å². The molecular formula is C9H4F3N3. The molecule has 0 aliphatic carbocycles. The third-order valence-corrected chi connectivity index (χ3v) is 1.65. The van der Waals surface area contributed by atoms with Gasteiger partial charge in [0.1, 0.15) is 23.1 Å². The zero-order chi connectivity index (χ0) is 11.4. The number of nitriles is 2. The zero-order valence-corrected chi connectivity index (χ0v) is 7.34. The maximum atomic E-state index is 13.1. The number of nitrogens with zero attached hydrogens (tertiary/aromatic N) is 3. The van der Waals surface area contributed by atoms with E-state index in [2.05, 4.69) is 4.98 Å². The highest BCUT2D eigenvalue weighted by atomic mass is 19.3. The molecule has 1 aromatic rings. The lowest BCUT2D eigenvalue weighted by molar-refractivity contribution is 0.145.